The van der Waals surface area contributed by atoms with Gasteiger partial charge < -0.3 is 14.1 Å². The minimum absolute atomic E-state index is 0.0817. The summed E-state index contributed by atoms with van der Waals surface area (Å²) in [6.45, 7) is 4.70. The average Bonchev–Trinajstić information content (AvgIpc) is 2.65. The number of hydrogen-bond donors (Lipinski definition) is 0. The Morgan fingerprint density at radius 3 is 2.32 bits per heavy atom. The maximum absolute atomic E-state index is 12.9. The van der Waals surface area contributed by atoms with Crippen LogP contribution in [0, 0.1) is 0 Å². The molecular weight excluding hydrogens is 318 g/mol. The molecule has 0 atom stereocenters. The van der Waals surface area contributed by atoms with E-state index in [4.69, 9.17) is 9.15 Å². The first-order valence-corrected chi connectivity index (χ1v) is 8.23. The summed E-state index contributed by atoms with van der Waals surface area (Å²) in [5.74, 6) is 0.173. The summed E-state index contributed by atoms with van der Waals surface area (Å²) in [6, 6.07) is 16.1. The Morgan fingerprint density at radius 2 is 1.64 bits per heavy atom. The lowest BCUT2D eigenvalue weighted by atomic mass is 10.1. The third-order valence-corrected chi connectivity index (χ3v) is 4.00. The van der Waals surface area contributed by atoms with Crippen LogP contribution < -0.4 is 10.2 Å². The van der Waals surface area contributed by atoms with Gasteiger partial charge in [-0.1, -0.05) is 42.5 Å². The van der Waals surface area contributed by atoms with Crippen LogP contribution in [0.4, 0.5) is 4.79 Å². The van der Waals surface area contributed by atoms with E-state index in [1.54, 1.807) is 24.3 Å². The maximum Gasteiger partial charge on any atom is 0.415 e. The summed E-state index contributed by atoms with van der Waals surface area (Å²) in [5.41, 5.74) is 0.767. The second-order valence-electron chi connectivity index (χ2n) is 5.49. The summed E-state index contributed by atoms with van der Waals surface area (Å²) in [7, 11) is 0. The van der Waals surface area contributed by atoms with Gasteiger partial charge in [0, 0.05) is 18.7 Å². The van der Waals surface area contributed by atoms with Crippen LogP contribution in [0.25, 0.3) is 22.3 Å². The van der Waals surface area contributed by atoms with Crippen molar-refractivity contribution < 1.29 is 13.9 Å². The van der Waals surface area contributed by atoms with Gasteiger partial charge >= 0.3 is 6.09 Å². The van der Waals surface area contributed by atoms with Gasteiger partial charge in [-0.15, -0.1) is 0 Å². The molecule has 0 aliphatic rings. The summed E-state index contributed by atoms with van der Waals surface area (Å²) in [4.78, 5) is 26.8. The van der Waals surface area contributed by atoms with Gasteiger partial charge in [0.2, 0.25) is 11.2 Å². The van der Waals surface area contributed by atoms with E-state index in [-0.39, 0.29) is 16.9 Å². The van der Waals surface area contributed by atoms with Crippen LogP contribution >= 0.6 is 0 Å². The number of fused-ring (bicyclic) bond motifs is 1. The van der Waals surface area contributed by atoms with Gasteiger partial charge in [0.1, 0.15) is 5.58 Å². The molecule has 0 unspecified atom stereocenters. The van der Waals surface area contributed by atoms with Crippen LogP contribution in [0.15, 0.2) is 63.8 Å². The molecular formula is C20H19NO4. The van der Waals surface area contributed by atoms with Crippen LogP contribution in [0.2, 0.25) is 0 Å². The molecule has 0 fully saturated rings. The molecule has 0 aliphatic heterocycles. The molecule has 0 radical (unpaired) electrons. The lowest BCUT2D eigenvalue weighted by Gasteiger charge is -2.18. The van der Waals surface area contributed by atoms with E-state index >= 15 is 0 Å². The Morgan fingerprint density at radius 1 is 1.00 bits per heavy atom. The van der Waals surface area contributed by atoms with E-state index in [1.165, 1.54) is 4.90 Å². The van der Waals surface area contributed by atoms with Gasteiger partial charge in [-0.05, 0) is 26.0 Å². The van der Waals surface area contributed by atoms with E-state index in [0.29, 0.717) is 29.6 Å². The molecule has 1 heterocycles. The predicted octanol–water partition coefficient (Wildman–Crippen LogP) is 4.30. The third-order valence-electron chi connectivity index (χ3n) is 4.00. The van der Waals surface area contributed by atoms with Crippen LogP contribution in [0.3, 0.4) is 0 Å². The molecule has 5 heteroatoms. The highest BCUT2D eigenvalue weighted by molar-refractivity contribution is 5.84. The highest BCUT2D eigenvalue weighted by Crippen LogP contribution is 2.30. The second-order valence-corrected chi connectivity index (χ2v) is 5.49. The summed E-state index contributed by atoms with van der Waals surface area (Å²) in [5, 5.41) is 0.379. The number of para-hydroxylation sites is 1. The maximum atomic E-state index is 12.9. The molecule has 0 N–H and O–H groups in total. The average molecular weight is 337 g/mol. The summed E-state index contributed by atoms with van der Waals surface area (Å²) in [6.07, 6.45) is -0.565. The smallest absolute Gasteiger partial charge is 0.415 e. The number of rotatable bonds is 4. The molecule has 2 aromatic carbocycles. The van der Waals surface area contributed by atoms with Crippen molar-refractivity contribution in [1.82, 2.24) is 4.90 Å². The standard InChI is InChI=1S/C20H19NO4/c1-3-21(4-2)20(23)25-19-17(22)15-12-8-9-13-16(15)24-18(19)14-10-6-5-7-11-14/h5-13H,3-4H2,1-2H3. The molecule has 0 saturated carbocycles. The van der Waals surface area contributed by atoms with Crippen molar-refractivity contribution in [2.24, 2.45) is 0 Å². The van der Waals surface area contributed by atoms with Crippen molar-refractivity contribution in [2.75, 3.05) is 13.1 Å². The Labute approximate surface area is 145 Å². The number of carbonyl (C=O) groups excluding carboxylic acids is 1. The number of amides is 1. The molecule has 128 valence electrons. The van der Waals surface area contributed by atoms with Gasteiger partial charge in [-0.2, -0.15) is 0 Å². The molecule has 0 spiro atoms. The van der Waals surface area contributed by atoms with Gasteiger partial charge in [0.05, 0.1) is 5.39 Å². The third kappa shape index (κ3) is 3.26. The highest BCUT2D eigenvalue weighted by atomic mass is 16.6. The predicted molar refractivity (Wildman–Crippen MR) is 96.9 cm³/mol. The van der Waals surface area contributed by atoms with Gasteiger partial charge in [0.15, 0.2) is 5.76 Å². The van der Waals surface area contributed by atoms with Crippen LogP contribution in [0.1, 0.15) is 13.8 Å². The number of hydrogen-bond acceptors (Lipinski definition) is 4. The molecule has 3 aromatic rings. The molecule has 5 nitrogen and oxygen atoms in total. The fraction of sp³-hybridized carbons (Fsp3) is 0.200. The fourth-order valence-corrected chi connectivity index (χ4v) is 2.63. The van der Waals surface area contributed by atoms with Gasteiger partial charge in [0.25, 0.3) is 0 Å². The first-order valence-electron chi connectivity index (χ1n) is 8.23. The van der Waals surface area contributed by atoms with E-state index in [0.717, 1.165) is 0 Å². The molecule has 0 aliphatic carbocycles. The van der Waals surface area contributed by atoms with Crippen molar-refractivity contribution in [3.05, 3.63) is 64.8 Å². The first-order chi connectivity index (χ1) is 12.2. The Hall–Kier alpha value is -3.08. The van der Waals surface area contributed by atoms with Gasteiger partial charge in [-0.3, -0.25) is 4.79 Å². The monoisotopic (exact) mass is 337 g/mol. The highest BCUT2D eigenvalue weighted by Gasteiger charge is 2.22. The Balaban J connectivity index is 2.19. The number of nitrogens with zero attached hydrogens (tertiary/aromatic N) is 1. The lowest BCUT2D eigenvalue weighted by Crippen LogP contribution is -2.34. The molecule has 25 heavy (non-hydrogen) atoms. The topological polar surface area (TPSA) is 59.8 Å². The minimum atomic E-state index is -0.565. The van der Waals surface area contributed by atoms with Crippen LogP contribution in [-0.4, -0.2) is 24.1 Å². The SMILES string of the molecule is CCN(CC)C(=O)Oc1c(-c2ccccc2)oc2ccccc2c1=O. The number of ether oxygens (including phenoxy) is 1. The zero-order valence-corrected chi connectivity index (χ0v) is 14.2. The largest absolute Gasteiger partial charge is 0.452 e. The molecule has 3 rings (SSSR count). The molecule has 1 aromatic heterocycles. The number of benzene rings is 2. The van der Waals surface area contributed by atoms with Crippen molar-refractivity contribution in [1.29, 1.82) is 0 Å². The normalized spacial score (nSPS) is 10.6. The molecule has 1 amide bonds. The van der Waals surface area contributed by atoms with Crippen LogP contribution in [-0.2, 0) is 0 Å². The number of carbonyl (C=O) groups is 1. The van der Waals surface area contributed by atoms with Crippen molar-refractivity contribution in [2.45, 2.75) is 13.8 Å². The molecule has 0 saturated heterocycles. The van der Waals surface area contributed by atoms with E-state index < -0.39 is 6.09 Å². The minimum Gasteiger partial charge on any atom is -0.452 e. The zero-order valence-electron chi connectivity index (χ0n) is 14.2. The summed E-state index contributed by atoms with van der Waals surface area (Å²) < 4.78 is 11.4. The zero-order chi connectivity index (χ0) is 17.8. The van der Waals surface area contributed by atoms with Crippen molar-refractivity contribution in [3.63, 3.8) is 0 Å². The van der Waals surface area contributed by atoms with E-state index in [2.05, 4.69) is 0 Å². The lowest BCUT2D eigenvalue weighted by molar-refractivity contribution is 0.156. The molecule has 0 bridgehead atoms. The van der Waals surface area contributed by atoms with Crippen molar-refractivity contribution in [3.8, 4) is 17.1 Å². The Bertz CT molecular complexity index is 943. The van der Waals surface area contributed by atoms with Crippen molar-refractivity contribution >= 4 is 17.1 Å². The quantitative estimate of drug-likeness (QED) is 0.712. The first kappa shape index (κ1) is 16.8. The van der Waals surface area contributed by atoms with E-state index in [9.17, 15) is 9.59 Å². The summed E-state index contributed by atoms with van der Waals surface area (Å²) >= 11 is 0. The fourth-order valence-electron chi connectivity index (χ4n) is 2.63. The van der Waals surface area contributed by atoms with E-state index in [1.807, 2.05) is 44.2 Å². The Kier molecular flexibility index (Phi) is 4.84. The van der Waals surface area contributed by atoms with Crippen LogP contribution in [0.5, 0.6) is 5.75 Å². The van der Waals surface area contributed by atoms with Gasteiger partial charge in [-0.25, -0.2) is 4.79 Å². The second kappa shape index (κ2) is 7.21.